The Kier molecular flexibility index (Phi) is 5.15. The Morgan fingerprint density at radius 1 is 1.46 bits per heavy atom. The van der Waals surface area contributed by atoms with Crippen LogP contribution < -0.4 is 5.32 Å². The van der Waals surface area contributed by atoms with E-state index in [9.17, 15) is 0 Å². The molecule has 3 nitrogen and oxygen atoms in total. The van der Waals surface area contributed by atoms with Crippen molar-refractivity contribution < 1.29 is 0 Å². The van der Waals surface area contributed by atoms with Crippen molar-refractivity contribution in [1.82, 2.24) is 9.59 Å². The number of thioether (sulfide) groups is 1. The largest absolute Gasteiger partial charge is 0.374 e. The van der Waals surface area contributed by atoms with Gasteiger partial charge in [-0.25, -0.2) is 0 Å². The van der Waals surface area contributed by atoms with E-state index in [1.165, 1.54) is 11.5 Å². The van der Waals surface area contributed by atoms with Crippen LogP contribution in [0.1, 0.15) is 26.0 Å². The van der Waals surface area contributed by atoms with E-state index in [4.69, 9.17) is 0 Å². The molecule has 5 heteroatoms. The number of nitrogens with zero attached hydrogens (tertiary/aromatic N) is 2. The van der Waals surface area contributed by atoms with Gasteiger partial charge in [-0.1, -0.05) is 18.3 Å². The summed E-state index contributed by atoms with van der Waals surface area (Å²) in [7, 11) is 0. The first-order valence-corrected chi connectivity index (χ1v) is 6.44. The average molecular weight is 217 g/mol. The summed E-state index contributed by atoms with van der Waals surface area (Å²) in [5.41, 5.74) is 1.10. The molecule has 13 heavy (non-hydrogen) atoms. The molecule has 0 aliphatic rings. The van der Waals surface area contributed by atoms with E-state index in [0.717, 1.165) is 35.2 Å². The highest BCUT2D eigenvalue weighted by atomic mass is 32.2. The van der Waals surface area contributed by atoms with Crippen LogP contribution in [0, 0.1) is 0 Å². The zero-order chi connectivity index (χ0) is 9.52. The van der Waals surface area contributed by atoms with Crippen LogP contribution in [0.5, 0.6) is 0 Å². The van der Waals surface area contributed by atoms with Crippen molar-refractivity contribution in [2.75, 3.05) is 17.6 Å². The second-order valence-corrected chi connectivity index (χ2v) is 4.64. The van der Waals surface area contributed by atoms with E-state index in [-0.39, 0.29) is 0 Å². The quantitative estimate of drug-likeness (QED) is 0.795. The maximum Gasteiger partial charge on any atom is 0.134 e. The summed E-state index contributed by atoms with van der Waals surface area (Å²) in [5.74, 6) is 2.10. The summed E-state index contributed by atoms with van der Waals surface area (Å²) in [6.07, 6.45) is 1.14. The van der Waals surface area contributed by atoms with E-state index in [1.807, 2.05) is 11.8 Å². The molecule has 0 aromatic carbocycles. The highest BCUT2D eigenvalue weighted by Crippen LogP contribution is 2.21. The summed E-state index contributed by atoms with van der Waals surface area (Å²) in [6.45, 7) is 5.32. The Bertz CT molecular complexity index is 215. The van der Waals surface area contributed by atoms with Crippen molar-refractivity contribution in [3.05, 3.63) is 5.69 Å². The molecule has 1 aromatic heterocycles. The molecule has 0 spiro atoms. The molecule has 0 fully saturated rings. The molecule has 1 N–H and O–H groups in total. The third-order valence-corrected chi connectivity index (χ3v) is 3.15. The van der Waals surface area contributed by atoms with Gasteiger partial charge in [0.25, 0.3) is 0 Å². The SMILES string of the molecule is CCCNc1snnc1CSCC. The summed E-state index contributed by atoms with van der Waals surface area (Å²) >= 11 is 3.33. The zero-order valence-corrected chi connectivity index (χ0v) is 9.67. The Morgan fingerprint density at radius 2 is 2.31 bits per heavy atom. The lowest BCUT2D eigenvalue weighted by Crippen LogP contribution is -2.00. The maximum absolute atomic E-state index is 4.09. The standard InChI is InChI=1S/C8H15N3S2/c1-3-5-9-8-7(6-12-4-2)10-11-13-8/h9H,3-6H2,1-2H3. The topological polar surface area (TPSA) is 37.8 Å². The van der Waals surface area contributed by atoms with Crippen LogP contribution in [0.4, 0.5) is 5.00 Å². The number of hydrogen-bond donors (Lipinski definition) is 1. The number of hydrogen-bond acceptors (Lipinski definition) is 5. The first-order chi connectivity index (χ1) is 6.38. The summed E-state index contributed by atoms with van der Waals surface area (Å²) < 4.78 is 3.94. The van der Waals surface area contributed by atoms with Crippen molar-refractivity contribution in [2.45, 2.75) is 26.0 Å². The Morgan fingerprint density at radius 3 is 3.00 bits per heavy atom. The number of aromatic nitrogens is 2. The highest BCUT2D eigenvalue weighted by Gasteiger charge is 2.05. The minimum Gasteiger partial charge on any atom is -0.374 e. The second-order valence-electron chi connectivity index (χ2n) is 2.61. The van der Waals surface area contributed by atoms with Crippen molar-refractivity contribution in [2.24, 2.45) is 0 Å². The normalized spacial score (nSPS) is 10.3. The number of rotatable bonds is 6. The fourth-order valence-corrected chi connectivity index (χ4v) is 2.17. The van der Waals surface area contributed by atoms with Gasteiger partial charge >= 0.3 is 0 Å². The Hall–Kier alpha value is -0.290. The van der Waals surface area contributed by atoms with Gasteiger partial charge in [0.05, 0.1) is 0 Å². The third kappa shape index (κ3) is 3.52. The van der Waals surface area contributed by atoms with Gasteiger partial charge in [0.1, 0.15) is 10.7 Å². The van der Waals surface area contributed by atoms with Gasteiger partial charge in [0, 0.05) is 23.8 Å². The van der Waals surface area contributed by atoms with E-state index >= 15 is 0 Å². The van der Waals surface area contributed by atoms with Crippen molar-refractivity contribution in [1.29, 1.82) is 0 Å². The van der Waals surface area contributed by atoms with E-state index in [2.05, 4.69) is 28.8 Å². The van der Waals surface area contributed by atoms with Gasteiger partial charge in [0.15, 0.2) is 0 Å². The van der Waals surface area contributed by atoms with Crippen molar-refractivity contribution in [3.63, 3.8) is 0 Å². The molecule has 0 aliphatic heterocycles. The molecule has 0 atom stereocenters. The lowest BCUT2D eigenvalue weighted by atomic mass is 10.4. The number of nitrogens with one attached hydrogen (secondary N) is 1. The molecule has 1 heterocycles. The van der Waals surface area contributed by atoms with Gasteiger partial charge < -0.3 is 5.32 Å². The molecule has 0 saturated carbocycles. The van der Waals surface area contributed by atoms with Crippen LogP contribution in [0.2, 0.25) is 0 Å². The van der Waals surface area contributed by atoms with Gasteiger partial charge in [-0.05, 0) is 12.2 Å². The fraction of sp³-hybridized carbons (Fsp3) is 0.750. The Labute approximate surface area is 87.5 Å². The van der Waals surface area contributed by atoms with E-state index in [0.29, 0.717) is 0 Å². The maximum atomic E-state index is 4.09. The van der Waals surface area contributed by atoms with Crippen LogP contribution in [0.15, 0.2) is 0 Å². The van der Waals surface area contributed by atoms with Crippen LogP contribution in [0.25, 0.3) is 0 Å². The monoisotopic (exact) mass is 217 g/mol. The molecule has 0 bridgehead atoms. The molecular weight excluding hydrogens is 202 g/mol. The van der Waals surface area contributed by atoms with Gasteiger partial charge in [-0.15, -0.1) is 5.10 Å². The Balaban J connectivity index is 2.45. The summed E-state index contributed by atoms with van der Waals surface area (Å²) in [4.78, 5) is 0. The smallest absolute Gasteiger partial charge is 0.134 e. The molecule has 0 radical (unpaired) electrons. The minimum atomic E-state index is 0.971. The van der Waals surface area contributed by atoms with Crippen molar-refractivity contribution in [3.8, 4) is 0 Å². The molecule has 0 aliphatic carbocycles. The minimum absolute atomic E-state index is 0.971. The lowest BCUT2D eigenvalue weighted by Gasteiger charge is -2.01. The predicted molar refractivity (Wildman–Crippen MR) is 60.5 cm³/mol. The molecular formula is C8H15N3S2. The van der Waals surface area contributed by atoms with Gasteiger partial charge in [0.2, 0.25) is 0 Å². The van der Waals surface area contributed by atoms with E-state index < -0.39 is 0 Å². The zero-order valence-electron chi connectivity index (χ0n) is 8.04. The fourth-order valence-electron chi connectivity index (χ4n) is 0.875. The predicted octanol–water partition coefficient (Wildman–Crippen LogP) is 2.61. The van der Waals surface area contributed by atoms with Gasteiger partial charge in [-0.3, -0.25) is 0 Å². The van der Waals surface area contributed by atoms with Crippen LogP contribution in [0.3, 0.4) is 0 Å². The highest BCUT2D eigenvalue weighted by molar-refractivity contribution is 7.98. The lowest BCUT2D eigenvalue weighted by molar-refractivity contribution is 0.976. The summed E-state index contributed by atoms with van der Waals surface area (Å²) in [5, 5.41) is 8.57. The molecule has 0 saturated heterocycles. The third-order valence-electron chi connectivity index (χ3n) is 1.53. The van der Waals surface area contributed by atoms with Crippen LogP contribution in [-0.2, 0) is 5.75 Å². The molecule has 1 aromatic rings. The van der Waals surface area contributed by atoms with Crippen molar-refractivity contribution >= 4 is 28.3 Å². The van der Waals surface area contributed by atoms with Crippen LogP contribution in [-0.4, -0.2) is 21.9 Å². The second kappa shape index (κ2) is 6.21. The number of anilines is 1. The summed E-state index contributed by atoms with van der Waals surface area (Å²) in [6, 6.07) is 0. The molecule has 0 unspecified atom stereocenters. The first-order valence-electron chi connectivity index (χ1n) is 4.51. The molecule has 1 rings (SSSR count). The molecule has 0 amide bonds. The van der Waals surface area contributed by atoms with Crippen LogP contribution >= 0.6 is 23.3 Å². The molecule has 74 valence electrons. The average Bonchev–Trinajstić information content (AvgIpc) is 2.59. The van der Waals surface area contributed by atoms with E-state index in [1.54, 1.807) is 0 Å². The first kappa shape index (κ1) is 10.8. The van der Waals surface area contributed by atoms with Gasteiger partial charge in [-0.2, -0.15) is 11.8 Å².